The Balaban J connectivity index is 4.32. The van der Waals surface area contributed by atoms with Crippen LogP contribution >= 0.6 is 0 Å². The summed E-state index contributed by atoms with van der Waals surface area (Å²) in [6.07, 6.45) is 0.550. The van der Waals surface area contributed by atoms with Crippen LogP contribution in [-0.2, 0) is 14.3 Å². The molecule has 0 aromatic heterocycles. The number of nitrogens with one attached hydrogen (secondary N) is 2. The molecule has 0 aliphatic rings. The molecule has 76 valence electrons. The van der Waals surface area contributed by atoms with Gasteiger partial charge in [0.25, 0.3) is 0 Å². The Bertz CT molecular complexity index is 182. The highest BCUT2D eigenvalue weighted by molar-refractivity contribution is 5.92. The SMILES string of the molecule is CNC(=CC(=O)C(OC)OC)NC. The highest BCUT2D eigenvalue weighted by atomic mass is 16.7. The van der Waals surface area contributed by atoms with Gasteiger partial charge in [-0.05, 0) is 0 Å². The van der Waals surface area contributed by atoms with Crippen LogP contribution in [0.4, 0.5) is 0 Å². The normalized spacial score (nSPS) is 9.62. The first-order chi connectivity index (χ1) is 6.19. The van der Waals surface area contributed by atoms with Gasteiger partial charge in [-0.3, -0.25) is 4.79 Å². The van der Waals surface area contributed by atoms with Crippen LogP contribution in [0.2, 0.25) is 0 Å². The monoisotopic (exact) mass is 188 g/mol. The average Bonchev–Trinajstić information content (AvgIpc) is 2.16. The first-order valence-electron chi connectivity index (χ1n) is 3.86. The molecule has 0 unspecified atom stereocenters. The molecule has 5 heteroatoms. The summed E-state index contributed by atoms with van der Waals surface area (Å²) in [7, 11) is 6.26. The molecule has 0 saturated carbocycles. The Labute approximate surface area is 78.1 Å². The van der Waals surface area contributed by atoms with Crippen molar-refractivity contribution in [2.45, 2.75) is 6.29 Å². The topological polar surface area (TPSA) is 59.6 Å². The molecular formula is C8H16N2O3. The number of ketones is 1. The van der Waals surface area contributed by atoms with Gasteiger partial charge >= 0.3 is 0 Å². The molecule has 0 saturated heterocycles. The van der Waals surface area contributed by atoms with Gasteiger partial charge in [-0.25, -0.2) is 0 Å². The summed E-state index contributed by atoms with van der Waals surface area (Å²) in [6.45, 7) is 0. The molecular weight excluding hydrogens is 172 g/mol. The second-order valence-electron chi connectivity index (χ2n) is 2.26. The molecule has 0 amide bonds. The maximum Gasteiger partial charge on any atom is 0.221 e. The van der Waals surface area contributed by atoms with Crippen LogP contribution in [0.1, 0.15) is 0 Å². The van der Waals surface area contributed by atoms with E-state index < -0.39 is 6.29 Å². The van der Waals surface area contributed by atoms with E-state index in [1.807, 2.05) is 0 Å². The van der Waals surface area contributed by atoms with Crippen molar-refractivity contribution in [1.82, 2.24) is 10.6 Å². The molecule has 0 radical (unpaired) electrons. The third-order valence-corrected chi connectivity index (χ3v) is 1.49. The van der Waals surface area contributed by atoms with Gasteiger partial charge in [0.2, 0.25) is 12.1 Å². The molecule has 0 bridgehead atoms. The summed E-state index contributed by atoms with van der Waals surface area (Å²) in [5, 5.41) is 5.61. The van der Waals surface area contributed by atoms with Crippen molar-refractivity contribution in [3.05, 3.63) is 11.9 Å². The zero-order chi connectivity index (χ0) is 10.3. The number of carbonyl (C=O) groups is 1. The third-order valence-electron chi connectivity index (χ3n) is 1.49. The van der Waals surface area contributed by atoms with Gasteiger partial charge in [0.1, 0.15) is 5.82 Å². The Morgan fingerprint density at radius 2 is 1.69 bits per heavy atom. The first kappa shape index (κ1) is 11.9. The number of methoxy groups -OCH3 is 2. The third kappa shape index (κ3) is 3.91. The lowest BCUT2D eigenvalue weighted by Crippen LogP contribution is -2.27. The molecule has 0 aromatic carbocycles. The van der Waals surface area contributed by atoms with Crippen molar-refractivity contribution < 1.29 is 14.3 Å². The maximum absolute atomic E-state index is 11.3. The van der Waals surface area contributed by atoms with Crippen LogP contribution in [0.25, 0.3) is 0 Å². The summed E-state index contributed by atoms with van der Waals surface area (Å²) >= 11 is 0. The van der Waals surface area contributed by atoms with Gasteiger partial charge < -0.3 is 20.1 Å². The predicted molar refractivity (Wildman–Crippen MR) is 49.0 cm³/mol. The average molecular weight is 188 g/mol. The van der Waals surface area contributed by atoms with E-state index in [0.717, 1.165) is 0 Å². The molecule has 0 aromatic rings. The second kappa shape index (κ2) is 6.45. The van der Waals surface area contributed by atoms with Crippen molar-refractivity contribution in [3.8, 4) is 0 Å². The van der Waals surface area contributed by atoms with E-state index in [2.05, 4.69) is 10.6 Å². The molecule has 0 aliphatic carbocycles. The number of hydrogen-bond donors (Lipinski definition) is 2. The number of ether oxygens (including phenoxy) is 2. The first-order valence-corrected chi connectivity index (χ1v) is 3.86. The minimum atomic E-state index is -0.836. The van der Waals surface area contributed by atoms with Gasteiger partial charge in [0.15, 0.2) is 0 Å². The second-order valence-corrected chi connectivity index (χ2v) is 2.26. The molecule has 0 heterocycles. The van der Waals surface area contributed by atoms with Crippen LogP contribution in [0, 0.1) is 0 Å². The lowest BCUT2D eigenvalue weighted by atomic mass is 10.3. The maximum atomic E-state index is 11.3. The fourth-order valence-electron chi connectivity index (χ4n) is 0.808. The fourth-order valence-corrected chi connectivity index (χ4v) is 0.808. The highest BCUT2D eigenvalue weighted by Crippen LogP contribution is 1.95. The van der Waals surface area contributed by atoms with Crippen LogP contribution < -0.4 is 10.6 Å². The van der Waals surface area contributed by atoms with Crippen LogP contribution in [-0.4, -0.2) is 40.4 Å². The zero-order valence-corrected chi connectivity index (χ0v) is 8.38. The number of hydrogen-bond acceptors (Lipinski definition) is 5. The summed E-state index contributed by atoms with van der Waals surface area (Å²) < 4.78 is 9.56. The number of rotatable bonds is 6. The number of carbonyl (C=O) groups excluding carboxylic acids is 1. The predicted octanol–water partition coefficient (Wildman–Crippen LogP) is -0.545. The van der Waals surface area contributed by atoms with Gasteiger partial charge in [-0.1, -0.05) is 0 Å². The summed E-state index contributed by atoms with van der Waals surface area (Å²) in [4.78, 5) is 11.3. The van der Waals surface area contributed by atoms with Crippen molar-refractivity contribution in [3.63, 3.8) is 0 Å². The van der Waals surface area contributed by atoms with Gasteiger partial charge in [0.05, 0.1) is 0 Å². The highest BCUT2D eigenvalue weighted by Gasteiger charge is 2.14. The standard InChI is InChI=1S/C8H16N2O3/c1-9-7(10-2)5-6(11)8(12-3)13-4/h5,8-10H,1-4H3. The van der Waals surface area contributed by atoms with Crippen molar-refractivity contribution in [2.24, 2.45) is 0 Å². The Kier molecular flexibility index (Phi) is 5.92. The Morgan fingerprint density at radius 3 is 2.00 bits per heavy atom. The fraction of sp³-hybridized carbons (Fsp3) is 0.625. The van der Waals surface area contributed by atoms with Crippen LogP contribution in [0.5, 0.6) is 0 Å². The van der Waals surface area contributed by atoms with E-state index in [9.17, 15) is 4.79 Å². The van der Waals surface area contributed by atoms with Crippen LogP contribution in [0.3, 0.4) is 0 Å². The van der Waals surface area contributed by atoms with E-state index >= 15 is 0 Å². The molecule has 5 nitrogen and oxygen atoms in total. The molecule has 0 rings (SSSR count). The lowest BCUT2D eigenvalue weighted by molar-refractivity contribution is -0.151. The van der Waals surface area contributed by atoms with Gasteiger partial charge in [-0.2, -0.15) is 0 Å². The minimum absolute atomic E-state index is 0.247. The van der Waals surface area contributed by atoms with Gasteiger partial charge in [0, 0.05) is 34.4 Å². The van der Waals surface area contributed by atoms with E-state index in [1.165, 1.54) is 20.3 Å². The van der Waals surface area contributed by atoms with E-state index in [0.29, 0.717) is 5.82 Å². The molecule has 2 N–H and O–H groups in total. The largest absolute Gasteiger partial charge is 0.375 e. The van der Waals surface area contributed by atoms with Crippen molar-refractivity contribution in [1.29, 1.82) is 0 Å². The van der Waals surface area contributed by atoms with Crippen molar-refractivity contribution >= 4 is 5.78 Å². The van der Waals surface area contributed by atoms with Gasteiger partial charge in [-0.15, -0.1) is 0 Å². The zero-order valence-electron chi connectivity index (χ0n) is 8.38. The van der Waals surface area contributed by atoms with E-state index in [-0.39, 0.29) is 5.78 Å². The Morgan fingerprint density at radius 1 is 1.23 bits per heavy atom. The molecule has 0 spiro atoms. The lowest BCUT2D eigenvalue weighted by Gasteiger charge is -2.10. The molecule has 13 heavy (non-hydrogen) atoms. The molecule has 0 atom stereocenters. The summed E-state index contributed by atoms with van der Waals surface area (Å²) in [5.74, 6) is 0.368. The van der Waals surface area contributed by atoms with E-state index in [4.69, 9.17) is 9.47 Å². The Hall–Kier alpha value is -1.07. The van der Waals surface area contributed by atoms with E-state index in [1.54, 1.807) is 14.1 Å². The van der Waals surface area contributed by atoms with Crippen molar-refractivity contribution in [2.75, 3.05) is 28.3 Å². The summed E-state index contributed by atoms with van der Waals surface area (Å²) in [6, 6.07) is 0. The molecule has 0 fully saturated rings. The smallest absolute Gasteiger partial charge is 0.221 e. The molecule has 0 aliphatic heterocycles. The minimum Gasteiger partial charge on any atom is -0.375 e. The van der Waals surface area contributed by atoms with Crippen LogP contribution in [0.15, 0.2) is 11.9 Å². The summed E-state index contributed by atoms with van der Waals surface area (Å²) in [5.41, 5.74) is 0. The quantitative estimate of drug-likeness (QED) is 0.433.